The molecular formula is C26H22N6O. The lowest BCUT2D eigenvalue weighted by Gasteiger charge is -2.07. The van der Waals surface area contributed by atoms with Gasteiger partial charge in [0.05, 0.1) is 33.8 Å². The summed E-state index contributed by atoms with van der Waals surface area (Å²) >= 11 is 0. The monoisotopic (exact) mass is 434 g/mol. The average Bonchev–Trinajstić information content (AvgIpc) is 3.28. The highest BCUT2D eigenvalue weighted by molar-refractivity contribution is 5.97. The van der Waals surface area contributed by atoms with Gasteiger partial charge < -0.3 is 5.32 Å². The summed E-state index contributed by atoms with van der Waals surface area (Å²) < 4.78 is 1.83. The van der Waals surface area contributed by atoms with E-state index in [0.29, 0.717) is 17.6 Å². The lowest BCUT2D eigenvalue weighted by Crippen LogP contribution is -2.23. The number of hydrogen-bond donors (Lipinski definition) is 1. The topological polar surface area (TPSA) is 85.6 Å². The average molecular weight is 435 g/mol. The van der Waals surface area contributed by atoms with E-state index in [4.69, 9.17) is 5.10 Å². The highest BCUT2D eigenvalue weighted by Crippen LogP contribution is 2.23. The van der Waals surface area contributed by atoms with Crippen LogP contribution in [0.5, 0.6) is 0 Å². The molecule has 5 aromatic rings. The SMILES string of the molecule is Cc1nc2ccc(C(=O)NCc3cn(-c4ccccc4)nc3-c3ccncc3)cc2nc1C. The largest absolute Gasteiger partial charge is 0.348 e. The normalized spacial score (nSPS) is 11.0. The number of para-hydroxylation sites is 1. The van der Waals surface area contributed by atoms with Crippen LogP contribution in [0.15, 0.2) is 79.3 Å². The minimum Gasteiger partial charge on any atom is -0.348 e. The highest BCUT2D eigenvalue weighted by Gasteiger charge is 2.15. The fourth-order valence-electron chi connectivity index (χ4n) is 3.65. The Labute approximate surface area is 191 Å². The van der Waals surface area contributed by atoms with Gasteiger partial charge in [0.25, 0.3) is 5.91 Å². The van der Waals surface area contributed by atoms with Crippen LogP contribution >= 0.6 is 0 Å². The smallest absolute Gasteiger partial charge is 0.251 e. The molecule has 0 aliphatic rings. The van der Waals surface area contributed by atoms with Gasteiger partial charge >= 0.3 is 0 Å². The van der Waals surface area contributed by atoms with Crippen molar-refractivity contribution in [3.63, 3.8) is 0 Å². The molecule has 0 spiro atoms. The molecule has 1 N–H and O–H groups in total. The van der Waals surface area contributed by atoms with E-state index in [2.05, 4.69) is 20.3 Å². The zero-order valence-corrected chi connectivity index (χ0v) is 18.4. The number of aryl methyl sites for hydroxylation is 2. The lowest BCUT2D eigenvalue weighted by atomic mass is 10.1. The minimum atomic E-state index is -0.176. The number of rotatable bonds is 5. The maximum atomic E-state index is 12.9. The summed E-state index contributed by atoms with van der Waals surface area (Å²) in [6.07, 6.45) is 5.42. The van der Waals surface area contributed by atoms with Crippen LogP contribution in [0, 0.1) is 13.8 Å². The molecule has 3 heterocycles. The first-order valence-corrected chi connectivity index (χ1v) is 10.7. The van der Waals surface area contributed by atoms with E-state index in [-0.39, 0.29) is 5.91 Å². The Kier molecular flexibility index (Phi) is 5.36. The third-order valence-corrected chi connectivity index (χ3v) is 5.54. The molecule has 2 aromatic carbocycles. The van der Waals surface area contributed by atoms with E-state index in [1.165, 1.54) is 0 Å². The molecule has 7 heteroatoms. The number of fused-ring (bicyclic) bond motifs is 1. The molecule has 33 heavy (non-hydrogen) atoms. The number of pyridine rings is 1. The second-order valence-electron chi connectivity index (χ2n) is 7.80. The van der Waals surface area contributed by atoms with Crippen molar-refractivity contribution in [3.05, 3.63) is 102 Å². The number of carbonyl (C=O) groups excluding carboxylic acids is 1. The van der Waals surface area contributed by atoms with Crippen LogP contribution in [0.4, 0.5) is 0 Å². The Hall–Kier alpha value is -4.39. The first-order valence-electron chi connectivity index (χ1n) is 10.7. The van der Waals surface area contributed by atoms with Gasteiger partial charge in [0.2, 0.25) is 0 Å². The zero-order chi connectivity index (χ0) is 22.8. The van der Waals surface area contributed by atoms with Crippen LogP contribution in [-0.2, 0) is 6.54 Å². The van der Waals surface area contributed by atoms with Crippen LogP contribution in [0.3, 0.4) is 0 Å². The van der Waals surface area contributed by atoms with Gasteiger partial charge in [-0.25, -0.2) is 14.6 Å². The Balaban J connectivity index is 1.43. The van der Waals surface area contributed by atoms with E-state index < -0.39 is 0 Å². The van der Waals surface area contributed by atoms with Gasteiger partial charge in [-0.2, -0.15) is 5.10 Å². The van der Waals surface area contributed by atoms with Crippen molar-refractivity contribution < 1.29 is 4.79 Å². The van der Waals surface area contributed by atoms with Crippen molar-refractivity contribution in [3.8, 4) is 16.9 Å². The first kappa shape index (κ1) is 20.5. The fraction of sp³-hybridized carbons (Fsp3) is 0.115. The van der Waals surface area contributed by atoms with Gasteiger partial charge in [-0.1, -0.05) is 18.2 Å². The lowest BCUT2D eigenvalue weighted by molar-refractivity contribution is 0.0951. The van der Waals surface area contributed by atoms with E-state index in [1.807, 2.05) is 73.3 Å². The number of nitrogens with zero attached hydrogens (tertiary/aromatic N) is 5. The maximum Gasteiger partial charge on any atom is 0.251 e. The molecule has 0 unspecified atom stereocenters. The Morgan fingerprint density at radius 2 is 1.64 bits per heavy atom. The number of aromatic nitrogens is 5. The Morgan fingerprint density at radius 1 is 0.909 bits per heavy atom. The predicted molar refractivity (Wildman–Crippen MR) is 127 cm³/mol. The molecule has 0 bridgehead atoms. The van der Waals surface area contributed by atoms with Gasteiger partial charge in [0.1, 0.15) is 0 Å². The summed E-state index contributed by atoms with van der Waals surface area (Å²) in [6, 6.07) is 19.1. The second-order valence-corrected chi connectivity index (χ2v) is 7.80. The van der Waals surface area contributed by atoms with E-state index in [0.717, 1.165) is 39.4 Å². The molecular weight excluding hydrogens is 412 g/mol. The number of carbonyl (C=O) groups is 1. The fourth-order valence-corrected chi connectivity index (χ4v) is 3.65. The van der Waals surface area contributed by atoms with Gasteiger partial charge in [-0.3, -0.25) is 9.78 Å². The molecule has 0 saturated heterocycles. The van der Waals surface area contributed by atoms with Crippen molar-refractivity contribution >= 4 is 16.9 Å². The van der Waals surface area contributed by atoms with Crippen molar-refractivity contribution in [2.75, 3.05) is 0 Å². The molecule has 1 amide bonds. The quantitative estimate of drug-likeness (QED) is 0.442. The molecule has 0 aliphatic carbocycles. The Bertz CT molecular complexity index is 1440. The molecule has 0 radical (unpaired) electrons. The number of amides is 1. The summed E-state index contributed by atoms with van der Waals surface area (Å²) in [7, 11) is 0. The zero-order valence-electron chi connectivity index (χ0n) is 18.4. The molecule has 0 atom stereocenters. The number of benzene rings is 2. The van der Waals surface area contributed by atoms with E-state index in [1.54, 1.807) is 24.5 Å². The van der Waals surface area contributed by atoms with Crippen LogP contribution in [-0.4, -0.2) is 30.6 Å². The summed E-state index contributed by atoms with van der Waals surface area (Å²) in [5.74, 6) is -0.176. The third kappa shape index (κ3) is 4.21. The summed E-state index contributed by atoms with van der Waals surface area (Å²) in [4.78, 5) is 26.1. The van der Waals surface area contributed by atoms with Gasteiger partial charge in [-0.05, 0) is 56.3 Å². The van der Waals surface area contributed by atoms with Gasteiger partial charge in [0, 0.05) is 41.8 Å². The van der Waals surface area contributed by atoms with E-state index in [9.17, 15) is 4.79 Å². The van der Waals surface area contributed by atoms with Crippen molar-refractivity contribution in [2.45, 2.75) is 20.4 Å². The first-order chi connectivity index (χ1) is 16.1. The van der Waals surface area contributed by atoms with Crippen LogP contribution < -0.4 is 5.32 Å². The molecule has 7 nitrogen and oxygen atoms in total. The Morgan fingerprint density at radius 3 is 2.39 bits per heavy atom. The van der Waals surface area contributed by atoms with Crippen LogP contribution in [0.1, 0.15) is 27.3 Å². The molecule has 0 saturated carbocycles. The molecule has 0 aliphatic heterocycles. The standard InChI is InChI=1S/C26H22N6O/c1-17-18(2)30-24-14-20(8-9-23(24)29-17)26(33)28-15-21-16-32(22-6-4-3-5-7-22)31-25(21)19-10-12-27-13-11-19/h3-14,16H,15H2,1-2H3,(H,28,33). The summed E-state index contributed by atoms with van der Waals surface area (Å²) in [5.41, 5.74) is 7.37. The minimum absolute atomic E-state index is 0.176. The van der Waals surface area contributed by atoms with Crippen molar-refractivity contribution in [1.82, 2.24) is 30.0 Å². The number of hydrogen-bond acceptors (Lipinski definition) is 5. The number of nitrogens with one attached hydrogen (secondary N) is 1. The maximum absolute atomic E-state index is 12.9. The second kappa shape index (κ2) is 8.63. The third-order valence-electron chi connectivity index (χ3n) is 5.54. The van der Waals surface area contributed by atoms with E-state index >= 15 is 0 Å². The van der Waals surface area contributed by atoms with Crippen molar-refractivity contribution in [1.29, 1.82) is 0 Å². The predicted octanol–water partition coefficient (Wildman–Crippen LogP) is 4.42. The molecule has 162 valence electrons. The molecule has 3 aromatic heterocycles. The van der Waals surface area contributed by atoms with Gasteiger partial charge in [0.15, 0.2) is 0 Å². The molecule has 0 fully saturated rings. The molecule has 5 rings (SSSR count). The van der Waals surface area contributed by atoms with Crippen LogP contribution in [0.25, 0.3) is 28.0 Å². The summed E-state index contributed by atoms with van der Waals surface area (Å²) in [5, 5.41) is 7.80. The van der Waals surface area contributed by atoms with Crippen molar-refractivity contribution in [2.24, 2.45) is 0 Å². The summed E-state index contributed by atoms with van der Waals surface area (Å²) in [6.45, 7) is 4.18. The highest BCUT2D eigenvalue weighted by atomic mass is 16.1. The van der Waals surface area contributed by atoms with Gasteiger partial charge in [-0.15, -0.1) is 0 Å². The van der Waals surface area contributed by atoms with Crippen LogP contribution in [0.2, 0.25) is 0 Å².